The molecule has 1 aromatic heterocycles. The molecule has 0 spiro atoms. The van der Waals surface area contributed by atoms with Crippen molar-refractivity contribution in [3.8, 4) is 5.06 Å². The zero-order valence-corrected chi connectivity index (χ0v) is 9.78. The van der Waals surface area contributed by atoms with Crippen LogP contribution in [0.4, 0.5) is 0 Å². The van der Waals surface area contributed by atoms with Crippen molar-refractivity contribution in [1.29, 1.82) is 0 Å². The van der Waals surface area contributed by atoms with Crippen molar-refractivity contribution in [2.75, 3.05) is 6.61 Å². The highest BCUT2D eigenvalue weighted by Crippen LogP contribution is 2.18. The molecule has 5 heteroatoms. The fourth-order valence-electron chi connectivity index (χ4n) is 1.30. The summed E-state index contributed by atoms with van der Waals surface area (Å²) in [5.74, 6) is -0.956. The third-order valence-electron chi connectivity index (χ3n) is 2.08. The molecule has 1 unspecified atom stereocenters. The van der Waals surface area contributed by atoms with Crippen molar-refractivity contribution in [1.82, 2.24) is 0 Å². The van der Waals surface area contributed by atoms with Crippen LogP contribution in [0.2, 0.25) is 0 Å². The largest absolute Gasteiger partial charge is 0.484 e. The predicted octanol–water partition coefficient (Wildman–Crippen LogP) is 2.13. The minimum Gasteiger partial charge on any atom is -0.484 e. The van der Waals surface area contributed by atoms with E-state index in [2.05, 4.69) is 0 Å². The summed E-state index contributed by atoms with van der Waals surface area (Å²) < 4.78 is 5.43. The number of aliphatic carboxylic acids is 1. The molecule has 90 valence electrons. The lowest BCUT2D eigenvalue weighted by Gasteiger charge is -2.07. The first-order chi connectivity index (χ1) is 7.68. The van der Waals surface area contributed by atoms with Crippen LogP contribution in [0.3, 0.4) is 0 Å². The molecular weight excluding hydrogens is 228 g/mol. The van der Waals surface area contributed by atoms with Gasteiger partial charge in [0.2, 0.25) is 0 Å². The Morgan fingerprint density at radius 3 is 2.94 bits per heavy atom. The van der Waals surface area contributed by atoms with Crippen LogP contribution in [0.5, 0.6) is 5.06 Å². The summed E-state index contributed by atoms with van der Waals surface area (Å²) in [7, 11) is 0. The number of carboxylic acids is 1. The molecule has 0 amide bonds. The Hall–Kier alpha value is -1.07. The van der Waals surface area contributed by atoms with Crippen molar-refractivity contribution in [2.24, 2.45) is 0 Å². The number of aliphatic hydroxyl groups excluding tert-OH is 1. The average Bonchev–Trinajstić information content (AvgIpc) is 2.68. The molecule has 4 nitrogen and oxygen atoms in total. The lowest BCUT2D eigenvalue weighted by atomic mass is 10.1. The molecule has 0 aliphatic rings. The highest BCUT2D eigenvalue weighted by molar-refractivity contribution is 7.11. The van der Waals surface area contributed by atoms with Crippen molar-refractivity contribution in [2.45, 2.75) is 31.8 Å². The Balaban J connectivity index is 1.97. The van der Waals surface area contributed by atoms with E-state index in [0.717, 1.165) is 17.9 Å². The number of carboxylic acid groups (broad SMARTS) is 1. The summed E-state index contributed by atoms with van der Waals surface area (Å²) >= 11 is 1.55. The second-order valence-corrected chi connectivity index (χ2v) is 4.44. The zero-order chi connectivity index (χ0) is 11.8. The van der Waals surface area contributed by atoms with Gasteiger partial charge in [-0.25, -0.2) is 0 Å². The fraction of sp³-hybridized carbons (Fsp3) is 0.545. The SMILES string of the molecule is O=C(O)CC(O)CCCCOc1cccs1. The molecule has 0 aliphatic carbocycles. The molecular formula is C11H16O4S. The van der Waals surface area contributed by atoms with Gasteiger partial charge in [-0.15, -0.1) is 11.3 Å². The van der Waals surface area contributed by atoms with E-state index in [4.69, 9.17) is 9.84 Å². The van der Waals surface area contributed by atoms with Crippen LogP contribution >= 0.6 is 11.3 Å². The lowest BCUT2D eigenvalue weighted by Crippen LogP contribution is -2.12. The predicted molar refractivity (Wildman–Crippen MR) is 61.9 cm³/mol. The number of aliphatic hydroxyl groups is 1. The standard InChI is InChI=1S/C11H16O4S/c12-9(8-10(13)14)4-1-2-6-15-11-5-3-7-16-11/h3,5,7,9,12H,1-2,4,6,8H2,(H,13,14). The first kappa shape index (κ1) is 13.0. The summed E-state index contributed by atoms with van der Waals surface area (Å²) in [5.41, 5.74) is 0. The van der Waals surface area contributed by atoms with Crippen LogP contribution in [0.25, 0.3) is 0 Å². The Morgan fingerprint density at radius 2 is 2.31 bits per heavy atom. The maximum atomic E-state index is 10.3. The van der Waals surface area contributed by atoms with Gasteiger partial charge >= 0.3 is 5.97 Å². The van der Waals surface area contributed by atoms with E-state index in [-0.39, 0.29) is 6.42 Å². The van der Waals surface area contributed by atoms with Gasteiger partial charge in [0.05, 0.1) is 19.1 Å². The minimum absolute atomic E-state index is 0.175. The fourth-order valence-corrected chi connectivity index (χ4v) is 1.90. The van der Waals surface area contributed by atoms with Gasteiger partial charge in [-0.1, -0.05) is 0 Å². The van der Waals surface area contributed by atoms with Crippen LogP contribution in [0.15, 0.2) is 17.5 Å². The van der Waals surface area contributed by atoms with Crippen molar-refractivity contribution in [3.63, 3.8) is 0 Å². The Labute approximate surface area is 98.5 Å². The summed E-state index contributed by atoms with van der Waals surface area (Å²) in [5, 5.41) is 20.6. The number of ether oxygens (including phenoxy) is 1. The lowest BCUT2D eigenvalue weighted by molar-refractivity contribution is -0.139. The number of hydrogen-bond acceptors (Lipinski definition) is 4. The minimum atomic E-state index is -0.956. The van der Waals surface area contributed by atoms with E-state index in [1.165, 1.54) is 0 Å². The summed E-state index contributed by atoms with van der Waals surface area (Å²) in [6, 6.07) is 3.83. The summed E-state index contributed by atoms with van der Waals surface area (Å²) in [6.45, 7) is 0.611. The first-order valence-corrected chi connectivity index (χ1v) is 6.12. The molecule has 1 aromatic rings. The Morgan fingerprint density at radius 1 is 1.50 bits per heavy atom. The van der Waals surface area contributed by atoms with Crippen LogP contribution in [0.1, 0.15) is 25.7 Å². The van der Waals surface area contributed by atoms with Gasteiger partial charge < -0.3 is 14.9 Å². The highest BCUT2D eigenvalue weighted by Gasteiger charge is 2.08. The number of carbonyl (C=O) groups is 1. The van der Waals surface area contributed by atoms with E-state index >= 15 is 0 Å². The molecule has 0 aromatic carbocycles. The number of rotatable bonds is 8. The van der Waals surface area contributed by atoms with Gasteiger partial charge in [0.15, 0.2) is 5.06 Å². The van der Waals surface area contributed by atoms with Crippen LogP contribution in [-0.2, 0) is 4.79 Å². The van der Waals surface area contributed by atoms with Gasteiger partial charge in [-0.3, -0.25) is 4.79 Å². The van der Waals surface area contributed by atoms with Crippen LogP contribution in [0, 0.1) is 0 Å². The highest BCUT2D eigenvalue weighted by atomic mass is 32.1. The summed E-state index contributed by atoms with van der Waals surface area (Å²) in [4.78, 5) is 10.3. The van der Waals surface area contributed by atoms with Gasteiger partial charge in [0, 0.05) is 0 Å². The third-order valence-corrected chi connectivity index (χ3v) is 2.86. The second-order valence-electron chi connectivity index (χ2n) is 3.53. The number of thiophene rings is 1. The first-order valence-electron chi connectivity index (χ1n) is 5.24. The quantitative estimate of drug-likeness (QED) is 0.687. The van der Waals surface area contributed by atoms with Crippen LogP contribution in [-0.4, -0.2) is 28.9 Å². The summed E-state index contributed by atoms with van der Waals surface area (Å²) in [6.07, 6.45) is 1.21. The molecule has 0 bridgehead atoms. The molecule has 0 radical (unpaired) electrons. The molecule has 1 atom stereocenters. The molecule has 0 fully saturated rings. The zero-order valence-electron chi connectivity index (χ0n) is 8.96. The van der Waals surface area contributed by atoms with Gasteiger partial charge in [-0.05, 0) is 36.8 Å². The molecule has 2 N–H and O–H groups in total. The third kappa shape index (κ3) is 5.72. The van der Waals surface area contributed by atoms with E-state index in [1.54, 1.807) is 11.3 Å². The van der Waals surface area contributed by atoms with Crippen molar-refractivity contribution < 1.29 is 19.7 Å². The molecule has 1 heterocycles. The monoisotopic (exact) mass is 244 g/mol. The maximum Gasteiger partial charge on any atom is 0.305 e. The number of unbranched alkanes of at least 4 members (excludes halogenated alkanes) is 1. The van der Waals surface area contributed by atoms with Gasteiger partial charge in [0.1, 0.15) is 0 Å². The van der Waals surface area contributed by atoms with Crippen LogP contribution < -0.4 is 4.74 Å². The van der Waals surface area contributed by atoms with E-state index < -0.39 is 12.1 Å². The van der Waals surface area contributed by atoms with E-state index in [0.29, 0.717) is 13.0 Å². The van der Waals surface area contributed by atoms with E-state index in [9.17, 15) is 9.90 Å². The van der Waals surface area contributed by atoms with E-state index in [1.807, 2.05) is 17.5 Å². The topological polar surface area (TPSA) is 66.8 Å². The number of hydrogen-bond donors (Lipinski definition) is 2. The molecule has 1 rings (SSSR count). The molecule has 0 saturated carbocycles. The van der Waals surface area contributed by atoms with Crippen molar-refractivity contribution >= 4 is 17.3 Å². The smallest absolute Gasteiger partial charge is 0.305 e. The average molecular weight is 244 g/mol. The Bertz CT molecular complexity index is 297. The Kier molecular flexibility index (Phi) is 5.88. The van der Waals surface area contributed by atoms with Gasteiger partial charge in [0.25, 0.3) is 0 Å². The van der Waals surface area contributed by atoms with Crippen molar-refractivity contribution in [3.05, 3.63) is 17.5 Å². The molecule has 0 saturated heterocycles. The normalized spacial score (nSPS) is 12.3. The molecule has 0 aliphatic heterocycles. The second kappa shape index (κ2) is 7.24. The molecule has 16 heavy (non-hydrogen) atoms. The van der Waals surface area contributed by atoms with Gasteiger partial charge in [-0.2, -0.15) is 0 Å². The maximum absolute atomic E-state index is 10.3.